The number of hydrogen-bond donors (Lipinski definition) is 2. The molecule has 9 nitrogen and oxygen atoms in total. The standard InChI is InChI=1S/C10H21N.C10H20.C9H20N2.C9H19N.C9H18O.C8H18N2.C8H17NO/c1-10(2,3)9-5-7-11(4)8-6-9;1-10(2,3)9-7-5-4-6-8-9;1-9(2,3)11-7-5-10(4)6-8-11;2*1-9(2,3)8-4-6-10-7-5-8;1-8(2,3)10-6-4-9-5-7-10;1-8(2,3)9-4-6-10-7-5-9/h9H,5-8H2,1-4H3;9H,4-8H2,1-3H3;5-8H2,1-4H3;8,10H,4-7H2,1-3H3;8H,4-7H2,1-3H3;9H,4-7H2,1-3H3;4-7H2,1-3H3. The second-order valence-corrected chi connectivity index (χ2v) is 30.4. The van der Waals surface area contributed by atoms with Crippen LogP contribution < -0.4 is 10.6 Å². The molecule has 1 aliphatic carbocycles. The van der Waals surface area contributed by atoms with E-state index < -0.39 is 0 Å². The van der Waals surface area contributed by atoms with Crippen LogP contribution in [0.2, 0.25) is 0 Å². The van der Waals surface area contributed by atoms with Crippen molar-refractivity contribution in [2.24, 2.45) is 45.3 Å². The SMILES string of the molecule is CC(C)(C)C1CCCCC1.CC(C)(C)C1CCNCC1.CC(C)(C)C1CCOCC1.CC(C)(C)N1CCNCC1.CC(C)(C)N1CCOCC1.CN1CCC(C(C)(C)C)CC1.CN1CCN(C(C)(C)C)CC1. The van der Waals surface area contributed by atoms with Gasteiger partial charge in [-0.3, -0.25) is 14.7 Å². The molecule has 0 radical (unpaired) electrons. The van der Waals surface area contributed by atoms with Crippen LogP contribution in [0.15, 0.2) is 0 Å². The Kier molecular flexibility index (Phi) is 32.1. The van der Waals surface area contributed by atoms with Gasteiger partial charge < -0.3 is 29.9 Å². The van der Waals surface area contributed by atoms with Gasteiger partial charge in [-0.15, -0.1) is 0 Å². The summed E-state index contributed by atoms with van der Waals surface area (Å²) in [7, 11) is 4.42. The van der Waals surface area contributed by atoms with Gasteiger partial charge in [0.15, 0.2) is 0 Å². The highest BCUT2D eigenvalue weighted by molar-refractivity contribution is 4.84. The quantitative estimate of drug-likeness (QED) is 0.247. The Morgan fingerprint density at radius 3 is 0.917 bits per heavy atom. The number of hydrogen-bond acceptors (Lipinski definition) is 9. The van der Waals surface area contributed by atoms with Crippen molar-refractivity contribution >= 4 is 0 Å². The Labute approximate surface area is 452 Å². The van der Waals surface area contributed by atoms with Crippen molar-refractivity contribution in [3.8, 4) is 0 Å². The summed E-state index contributed by atoms with van der Waals surface area (Å²) in [6.45, 7) is 69.2. The van der Waals surface area contributed by atoms with E-state index >= 15 is 0 Å². The number of morpholine rings is 1. The summed E-state index contributed by atoms with van der Waals surface area (Å²) in [6.07, 6.45) is 15.4. The van der Waals surface area contributed by atoms with Crippen LogP contribution >= 0.6 is 0 Å². The van der Waals surface area contributed by atoms with Crippen molar-refractivity contribution in [1.29, 1.82) is 0 Å². The van der Waals surface area contributed by atoms with Gasteiger partial charge in [-0.25, -0.2) is 0 Å². The maximum absolute atomic E-state index is 5.29. The lowest BCUT2D eigenvalue weighted by Gasteiger charge is -2.41. The van der Waals surface area contributed by atoms with Crippen molar-refractivity contribution in [3.63, 3.8) is 0 Å². The van der Waals surface area contributed by atoms with Gasteiger partial charge >= 0.3 is 0 Å². The van der Waals surface area contributed by atoms with Crippen molar-refractivity contribution in [3.05, 3.63) is 0 Å². The predicted octanol–water partition coefficient (Wildman–Crippen LogP) is 13.3. The van der Waals surface area contributed by atoms with E-state index in [0.29, 0.717) is 38.3 Å². The van der Waals surface area contributed by atoms with E-state index in [-0.39, 0.29) is 0 Å². The molecule has 0 bridgehead atoms. The van der Waals surface area contributed by atoms with Crippen LogP contribution in [0.1, 0.15) is 216 Å². The molecule has 9 heteroatoms. The van der Waals surface area contributed by atoms with Crippen LogP contribution in [0.3, 0.4) is 0 Å². The van der Waals surface area contributed by atoms with Gasteiger partial charge in [-0.05, 0) is 199 Å². The lowest BCUT2D eigenvalue weighted by Crippen LogP contribution is -2.52. The van der Waals surface area contributed by atoms with Gasteiger partial charge in [-0.1, -0.05) is 102 Å². The van der Waals surface area contributed by atoms with Crippen molar-refractivity contribution < 1.29 is 9.47 Å². The van der Waals surface area contributed by atoms with Crippen LogP contribution in [0.25, 0.3) is 0 Å². The highest BCUT2D eigenvalue weighted by Gasteiger charge is 2.30. The normalized spacial score (nSPS) is 23.4. The highest BCUT2D eigenvalue weighted by atomic mass is 16.5. The van der Waals surface area contributed by atoms with E-state index in [1.807, 2.05) is 0 Å². The average molecular weight is 1020 g/mol. The van der Waals surface area contributed by atoms with Gasteiger partial charge in [0.1, 0.15) is 0 Å². The lowest BCUT2D eigenvalue weighted by molar-refractivity contribution is -0.00389. The Balaban J connectivity index is 0.000000420. The maximum Gasteiger partial charge on any atom is 0.0594 e. The number of ether oxygens (including phenoxy) is 2. The number of likely N-dealkylation sites (tertiary alicyclic amines) is 1. The Hall–Kier alpha value is -0.360. The second-order valence-electron chi connectivity index (χ2n) is 30.4. The van der Waals surface area contributed by atoms with E-state index in [9.17, 15) is 0 Å². The van der Waals surface area contributed by atoms with E-state index in [0.717, 1.165) is 76.3 Å². The smallest absolute Gasteiger partial charge is 0.0594 e. The number of likely N-dealkylation sites (N-methyl/N-ethyl adjacent to an activating group) is 1. The first-order valence-corrected chi connectivity index (χ1v) is 30.2. The summed E-state index contributed by atoms with van der Waals surface area (Å²) in [6, 6.07) is 0. The number of nitrogens with zero attached hydrogens (tertiary/aromatic N) is 5. The van der Waals surface area contributed by atoms with Crippen LogP contribution in [0.5, 0.6) is 0 Å². The first-order chi connectivity index (χ1) is 33.0. The van der Waals surface area contributed by atoms with E-state index in [1.165, 1.54) is 136 Å². The molecule has 6 aliphatic heterocycles. The van der Waals surface area contributed by atoms with E-state index in [1.54, 1.807) is 0 Å². The Morgan fingerprint density at radius 2 is 0.597 bits per heavy atom. The molecule has 6 heterocycles. The molecule has 2 N–H and O–H groups in total. The molecular formula is C63H133N7O2. The molecule has 0 spiro atoms. The summed E-state index contributed by atoms with van der Waals surface area (Å²) < 4.78 is 10.5. The number of nitrogens with one attached hydrogen (secondary N) is 2. The van der Waals surface area contributed by atoms with E-state index in [4.69, 9.17) is 9.47 Å². The topological polar surface area (TPSA) is 58.7 Å². The molecule has 7 rings (SSSR count). The summed E-state index contributed by atoms with van der Waals surface area (Å²) in [5.74, 6) is 3.76. The molecule has 0 atom stereocenters. The molecule has 0 aromatic carbocycles. The molecular weight excluding hydrogens is 887 g/mol. The molecule has 72 heavy (non-hydrogen) atoms. The second kappa shape index (κ2) is 33.2. The Morgan fingerprint density at radius 1 is 0.292 bits per heavy atom. The minimum Gasteiger partial charge on any atom is -0.381 e. The fourth-order valence-corrected chi connectivity index (χ4v) is 11.1. The molecule has 0 aromatic heterocycles. The number of rotatable bonds is 0. The van der Waals surface area contributed by atoms with Crippen LogP contribution in [0, 0.1) is 45.3 Å². The van der Waals surface area contributed by atoms with Gasteiger partial charge in [0, 0.05) is 95.3 Å². The van der Waals surface area contributed by atoms with Crippen LogP contribution in [-0.4, -0.2) is 173 Å². The fraction of sp³-hybridized carbons (Fsp3) is 1.00. The molecule has 7 fully saturated rings. The number of piperidine rings is 2. The van der Waals surface area contributed by atoms with E-state index in [2.05, 4.69) is 195 Å². The average Bonchev–Trinajstić information content (AvgIpc) is 3.30. The van der Waals surface area contributed by atoms with Gasteiger partial charge in [0.05, 0.1) is 13.2 Å². The minimum atomic E-state index is 0.323. The van der Waals surface area contributed by atoms with Crippen LogP contribution in [0.4, 0.5) is 0 Å². The monoisotopic (exact) mass is 1020 g/mol. The minimum absolute atomic E-state index is 0.323. The van der Waals surface area contributed by atoms with Crippen molar-refractivity contribution in [2.75, 3.05) is 132 Å². The molecule has 0 unspecified atom stereocenters. The van der Waals surface area contributed by atoms with Gasteiger partial charge in [0.25, 0.3) is 0 Å². The lowest BCUT2D eigenvalue weighted by atomic mass is 9.72. The third kappa shape index (κ3) is 31.8. The molecule has 1 saturated carbocycles. The molecule has 0 aromatic rings. The zero-order chi connectivity index (χ0) is 55.0. The third-order valence-corrected chi connectivity index (χ3v) is 17.3. The van der Waals surface area contributed by atoms with Crippen LogP contribution in [-0.2, 0) is 9.47 Å². The highest BCUT2D eigenvalue weighted by Crippen LogP contribution is 2.38. The largest absolute Gasteiger partial charge is 0.381 e. The van der Waals surface area contributed by atoms with Gasteiger partial charge in [-0.2, -0.15) is 0 Å². The molecule has 6 saturated heterocycles. The zero-order valence-corrected chi connectivity index (χ0v) is 53.4. The van der Waals surface area contributed by atoms with Gasteiger partial charge in [0.2, 0.25) is 0 Å². The third-order valence-electron chi connectivity index (χ3n) is 17.3. The first kappa shape index (κ1) is 69.7. The summed E-state index contributed by atoms with van der Waals surface area (Å²) in [5.41, 5.74) is 3.17. The van der Waals surface area contributed by atoms with Crippen molar-refractivity contribution in [1.82, 2.24) is 35.1 Å². The molecule has 0 amide bonds. The summed E-state index contributed by atoms with van der Waals surface area (Å²) in [5, 5.41) is 6.73. The maximum atomic E-state index is 5.29. The van der Waals surface area contributed by atoms with Crippen molar-refractivity contribution in [2.45, 2.75) is 233 Å². The number of piperazine rings is 2. The molecule has 432 valence electrons. The zero-order valence-electron chi connectivity index (χ0n) is 53.4. The predicted molar refractivity (Wildman–Crippen MR) is 319 cm³/mol. The fourth-order valence-electron chi connectivity index (χ4n) is 11.1. The first-order valence-electron chi connectivity index (χ1n) is 30.2. The molecule has 7 aliphatic rings. The summed E-state index contributed by atoms with van der Waals surface area (Å²) >= 11 is 0. The Bertz CT molecular complexity index is 1100. The summed E-state index contributed by atoms with van der Waals surface area (Å²) in [4.78, 5) is 12.3.